The maximum Gasteiger partial charge on any atom is 0.231 e. The number of aryl methyl sites for hydroxylation is 1. The minimum absolute atomic E-state index is 0.0532. The molecule has 2 unspecified atom stereocenters. The first kappa shape index (κ1) is 19.3. The first-order valence-corrected chi connectivity index (χ1v) is 11.9. The summed E-state index contributed by atoms with van der Waals surface area (Å²) in [5.74, 6) is 3.06. The molecule has 1 amide bonds. The van der Waals surface area contributed by atoms with Crippen LogP contribution in [0.5, 0.6) is 0 Å². The summed E-state index contributed by atoms with van der Waals surface area (Å²) in [5.41, 5.74) is 3.98. The largest absolute Gasteiger partial charge is 0.322 e. The van der Waals surface area contributed by atoms with Crippen LogP contribution < -0.4 is 0 Å². The first-order valence-electron chi connectivity index (χ1n) is 10.8. The quantitative estimate of drug-likeness (QED) is 0.757. The SMILES string of the molecule is CC(C)c1ccc2c(c1)C(C(=O)N1CCSCC1(C)N1CCCC1)CCC2. The average molecular weight is 387 g/mol. The van der Waals surface area contributed by atoms with Gasteiger partial charge in [-0.15, -0.1) is 0 Å². The van der Waals surface area contributed by atoms with E-state index in [1.54, 1.807) is 0 Å². The van der Waals surface area contributed by atoms with Gasteiger partial charge < -0.3 is 4.90 Å². The summed E-state index contributed by atoms with van der Waals surface area (Å²) in [6.45, 7) is 9.98. The van der Waals surface area contributed by atoms with Crippen LogP contribution in [-0.4, -0.2) is 52.5 Å². The van der Waals surface area contributed by atoms with Gasteiger partial charge in [0.2, 0.25) is 5.91 Å². The van der Waals surface area contributed by atoms with Crippen LogP contribution in [0.2, 0.25) is 0 Å². The van der Waals surface area contributed by atoms with E-state index in [4.69, 9.17) is 0 Å². The Labute approximate surface area is 168 Å². The summed E-state index contributed by atoms with van der Waals surface area (Å²) in [4.78, 5) is 18.7. The molecule has 3 nitrogen and oxygen atoms in total. The van der Waals surface area contributed by atoms with Gasteiger partial charge in [0.1, 0.15) is 5.66 Å². The second-order valence-electron chi connectivity index (χ2n) is 9.01. The molecule has 2 fully saturated rings. The van der Waals surface area contributed by atoms with Gasteiger partial charge >= 0.3 is 0 Å². The van der Waals surface area contributed by atoms with Crippen LogP contribution in [0, 0.1) is 0 Å². The zero-order chi connectivity index (χ0) is 19.0. The van der Waals surface area contributed by atoms with Crippen LogP contribution in [-0.2, 0) is 11.2 Å². The lowest BCUT2D eigenvalue weighted by Gasteiger charge is -2.51. The Kier molecular flexibility index (Phi) is 5.57. The lowest BCUT2D eigenvalue weighted by Crippen LogP contribution is -2.64. The fourth-order valence-electron chi connectivity index (χ4n) is 5.17. The van der Waals surface area contributed by atoms with Crippen molar-refractivity contribution in [2.75, 3.05) is 31.1 Å². The number of hydrogen-bond donors (Lipinski definition) is 0. The third-order valence-corrected chi connectivity index (χ3v) is 8.14. The number of thioether (sulfide) groups is 1. The van der Waals surface area contributed by atoms with Crippen LogP contribution in [0.1, 0.15) is 75.0 Å². The van der Waals surface area contributed by atoms with E-state index in [2.05, 4.69) is 48.8 Å². The van der Waals surface area contributed by atoms with Crippen molar-refractivity contribution in [3.63, 3.8) is 0 Å². The van der Waals surface area contributed by atoms with Crippen molar-refractivity contribution in [1.29, 1.82) is 0 Å². The number of likely N-dealkylation sites (tertiary alicyclic amines) is 1. The Morgan fingerprint density at radius 2 is 1.96 bits per heavy atom. The summed E-state index contributed by atoms with van der Waals surface area (Å²) >= 11 is 2.01. The Bertz CT molecular complexity index is 698. The van der Waals surface area contributed by atoms with Gasteiger partial charge in [0.15, 0.2) is 0 Å². The second kappa shape index (κ2) is 7.79. The molecule has 0 radical (unpaired) electrons. The molecular formula is C23H34N2OS. The average Bonchev–Trinajstić information content (AvgIpc) is 3.22. The number of rotatable bonds is 3. The smallest absolute Gasteiger partial charge is 0.231 e. The molecule has 0 spiro atoms. The second-order valence-corrected chi connectivity index (χ2v) is 10.1. The molecule has 3 aliphatic rings. The molecule has 4 rings (SSSR count). The molecule has 1 aromatic carbocycles. The van der Waals surface area contributed by atoms with E-state index >= 15 is 0 Å². The summed E-state index contributed by atoms with van der Waals surface area (Å²) in [7, 11) is 0. The standard InChI is InChI=1S/C23H34N2OS/c1-17(2)19-10-9-18-7-6-8-20(21(18)15-19)22(26)25-13-14-27-16-23(25,3)24-11-4-5-12-24/h9-10,15,17,20H,4-8,11-14,16H2,1-3H3. The van der Waals surface area contributed by atoms with Crippen molar-refractivity contribution in [2.45, 2.75) is 70.4 Å². The Morgan fingerprint density at radius 1 is 1.19 bits per heavy atom. The van der Waals surface area contributed by atoms with Crippen LogP contribution in [0.15, 0.2) is 18.2 Å². The lowest BCUT2D eigenvalue weighted by molar-refractivity contribution is -0.145. The Morgan fingerprint density at radius 3 is 2.70 bits per heavy atom. The lowest BCUT2D eigenvalue weighted by atomic mass is 9.80. The highest BCUT2D eigenvalue weighted by Gasteiger charge is 2.45. The molecule has 4 heteroatoms. The third-order valence-electron chi connectivity index (χ3n) is 6.92. The number of fused-ring (bicyclic) bond motifs is 1. The van der Waals surface area contributed by atoms with Gasteiger partial charge in [-0.05, 0) is 61.6 Å². The number of hydrogen-bond acceptors (Lipinski definition) is 3. The van der Waals surface area contributed by atoms with Crippen LogP contribution in [0.3, 0.4) is 0 Å². The Balaban J connectivity index is 1.65. The molecule has 148 valence electrons. The van der Waals surface area contributed by atoms with Gasteiger partial charge in [0.05, 0.1) is 5.92 Å². The van der Waals surface area contributed by atoms with Crippen molar-refractivity contribution in [3.05, 3.63) is 34.9 Å². The van der Waals surface area contributed by atoms with Gasteiger partial charge in [-0.1, -0.05) is 32.0 Å². The van der Waals surface area contributed by atoms with Crippen molar-refractivity contribution < 1.29 is 4.79 Å². The molecular weight excluding hydrogens is 352 g/mol. The minimum atomic E-state index is -0.107. The maximum atomic E-state index is 13.9. The number of amides is 1. The molecule has 2 aliphatic heterocycles. The summed E-state index contributed by atoms with van der Waals surface area (Å²) in [6, 6.07) is 6.89. The van der Waals surface area contributed by atoms with E-state index < -0.39 is 0 Å². The van der Waals surface area contributed by atoms with Gasteiger partial charge in [-0.25, -0.2) is 0 Å². The van der Waals surface area contributed by atoms with E-state index in [0.29, 0.717) is 11.8 Å². The van der Waals surface area contributed by atoms with Crippen LogP contribution >= 0.6 is 11.8 Å². The van der Waals surface area contributed by atoms with Crippen molar-refractivity contribution in [1.82, 2.24) is 9.80 Å². The molecule has 1 aromatic rings. The van der Waals surface area contributed by atoms with Gasteiger partial charge in [-0.2, -0.15) is 11.8 Å². The molecule has 2 atom stereocenters. The predicted octanol–water partition coefficient (Wildman–Crippen LogP) is 4.62. The first-order chi connectivity index (χ1) is 13.0. The van der Waals surface area contributed by atoms with E-state index in [0.717, 1.165) is 50.4 Å². The Hall–Kier alpha value is -1.00. The summed E-state index contributed by atoms with van der Waals surface area (Å²) < 4.78 is 0. The molecule has 2 saturated heterocycles. The molecule has 0 N–H and O–H groups in total. The number of carbonyl (C=O) groups excluding carboxylic acids is 1. The van der Waals surface area contributed by atoms with Crippen molar-refractivity contribution in [2.24, 2.45) is 0 Å². The molecule has 1 aliphatic carbocycles. The van der Waals surface area contributed by atoms with E-state index in [1.165, 1.54) is 29.5 Å². The normalized spacial score (nSPS) is 29.2. The van der Waals surface area contributed by atoms with E-state index in [1.807, 2.05) is 11.8 Å². The van der Waals surface area contributed by atoms with E-state index in [-0.39, 0.29) is 11.6 Å². The van der Waals surface area contributed by atoms with Crippen molar-refractivity contribution >= 4 is 17.7 Å². The van der Waals surface area contributed by atoms with Gasteiger partial charge in [0, 0.05) is 31.1 Å². The van der Waals surface area contributed by atoms with Crippen LogP contribution in [0.25, 0.3) is 0 Å². The predicted molar refractivity (Wildman–Crippen MR) is 114 cm³/mol. The molecule has 0 saturated carbocycles. The fourth-order valence-corrected chi connectivity index (χ4v) is 6.35. The number of nitrogens with zero attached hydrogens (tertiary/aromatic N) is 2. The van der Waals surface area contributed by atoms with Crippen LogP contribution in [0.4, 0.5) is 0 Å². The van der Waals surface area contributed by atoms with Gasteiger partial charge in [0.25, 0.3) is 0 Å². The number of carbonyl (C=O) groups is 1. The highest BCUT2D eigenvalue weighted by Crippen LogP contribution is 2.39. The fraction of sp³-hybridized carbons (Fsp3) is 0.696. The summed E-state index contributed by atoms with van der Waals surface area (Å²) in [5, 5.41) is 0. The topological polar surface area (TPSA) is 23.6 Å². The molecule has 2 heterocycles. The summed E-state index contributed by atoms with van der Waals surface area (Å²) in [6.07, 6.45) is 5.80. The molecule has 0 aromatic heterocycles. The highest BCUT2D eigenvalue weighted by atomic mass is 32.2. The zero-order valence-corrected chi connectivity index (χ0v) is 18.0. The number of benzene rings is 1. The monoisotopic (exact) mass is 386 g/mol. The van der Waals surface area contributed by atoms with E-state index in [9.17, 15) is 4.79 Å². The maximum absolute atomic E-state index is 13.9. The molecule has 27 heavy (non-hydrogen) atoms. The van der Waals surface area contributed by atoms with Crippen molar-refractivity contribution in [3.8, 4) is 0 Å². The molecule has 0 bridgehead atoms. The highest BCUT2D eigenvalue weighted by molar-refractivity contribution is 7.99. The van der Waals surface area contributed by atoms with Gasteiger partial charge in [-0.3, -0.25) is 9.69 Å². The third kappa shape index (κ3) is 3.55. The zero-order valence-electron chi connectivity index (χ0n) is 17.2. The minimum Gasteiger partial charge on any atom is -0.322 e.